The third kappa shape index (κ3) is 3.41. The maximum absolute atomic E-state index is 9.97. The molecule has 2 aliphatic heterocycles. The van der Waals surface area contributed by atoms with Gasteiger partial charge >= 0.3 is 0 Å². The SMILES string of the molecule is OC[C@H]1NC[C@H](O)[C@@H](O)[C@@H]1O[C@H]1O[C@H](CO)[C@@H](O)[C@H](O)[C@@H]1O. The monoisotopic (exact) mass is 325 g/mol. The zero-order valence-electron chi connectivity index (χ0n) is 11.8. The van der Waals surface area contributed by atoms with Gasteiger partial charge < -0.3 is 50.5 Å². The first-order chi connectivity index (χ1) is 10.4. The Kier molecular flexibility index (Phi) is 6.07. The van der Waals surface area contributed by atoms with Gasteiger partial charge in [0.05, 0.1) is 25.4 Å². The Morgan fingerprint density at radius 2 is 1.59 bits per heavy atom. The Bertz CT molecular complexity index is 355. The van der Waals surface area contributed by atoms with Crippen LogP contribution in [0.2, 0.25) is 0 Å². The minimum atomic E-state index is -1.62. The Morgan fingerprint density at radius 1 is 0.909 bits per heavy atom. The molecule has 0 radical (unpaired) electrons. The van der Waals surface area contributed by atoms with Crippen LogP contribution in [-0.4, -0.2) is 111 Å². The van der Waals surface area contributed by atoms with Crippen molar-refractivity contribution in [3.8, 4) is 0 Å². The molecule has 2 saturated heterocycles. The standard InChI is InChI=1S/C12H23NO9/c14-2-4-11(7(17)5(16)1-13-4)22-12-10(20)9(19)8(18)6(3-15)21-12/h4-20H,1-3H2/t4-,5+,6-,7-,8-,9+,10+,11-,12-/m1/s1. The fourth-order valence-corrected chi connectivity index (χ4v) is 2.64. The van der Waals surface area contributed by atoms with E-state index in [0.29, 0.717) is 0 Å². The molecule has 130 valence electrons. The normalized spacial score (nSPS) is 50.0. The van der Waals surface area contributed by atoms with Crippen molar-refractivity contribution in [1.29, 1.82) is 0 Å². The number of rotatable bonds is 4. The first kappa shape index (κ1) is 17.9. The summed E-state index contributed by atoms with van der Waals surface area (Å²) < 4.78 is 10.6. The predicted octanol–water partition coefficient (Wildman–Crippen LogP) is -5.14. The summed E-state index contributed by atoms with van der Waals surface area (Å²) in [6.45, 7) is -0.949. The van der Waals surface area contributed by atoms with E-state index in [1.165, 1.54) is 0 Å². The summed E-state index contributed by atoms with van der Waals surface area (Å²) in [6.07, 6.45) is -10.9. The van der Waals surface area contributed by atoms with Crippen LogP contribution < -0.4 is 5.32 Å². The van der Waals surface area contributed by atoms with Crippen molar-refractivity contribution in [2.75, 3.05) is 19.8 Å². The summed E-state index contributed by atoms with van der Waals surface area (Å²) in [4.78, 5) is 0. The van der Waals surface area contributed by atoms with E-state index < -0.39 is 68.3 Å². The highest BCUT2D eigenvalue weighted by molar-refractivity contribution is 4.95. The molecule has 2 fully saturated rings. The number of aliphatic hydroxyl groups is 7. The summed E-state index contributed by atoms with van der Waals surface area (Å²) in [5.74, 6) is 0. The van der Waals surface area contributed by atoms with Gasteiger partial charge in [-0.15, -0.1) is 0 Å². The Labute approximate surface area is 126 Å². The van der Waals surface area contributed by atoms with Gasteiger partial charge in [-0.1, -0.05) is 0 Å². The van der Waals surface area contributed by atoms with Gasteiger partial charge in [-0.05, 0) is 0 Å². The summed E-state index contributed by atoms with van der Waals surface area (Å²) >= 11 is 0. The molecule has 0 bridgehead atoms. The van der Waals surface area contributed by atoms with E-state index in [4.69, 9.17) is 14.6 Å². The minimum Gasteiger partial charge on any atom is -0.395 e. The second-order valence-electron chi connectivity index (χ2n) is 5.55. The Hall–Kier alpha value is -0.400. The molecule has 0 aliphatic carbocycles. The van der Waals surface area contributed by atoms with Crippen LogP contribution in [0.4, 0.5) is 0 Å². The van der Waals surface area contributed by atoms with Crippen molar-refractivity contribution in [1.82, 2.24) is 5.32 Å². The number of ether oxygens (including phenoxy) is 2. The van der Waals surface area contributed by atoms with E-state index >= 15 is 0 Å². The summed E-state index contributed by atoms with van der Waals surface area (Å²) in [6, 6.07) is -0.717. The van der Waals surface area contributed by atoms with Crippen molar-refractivity contribution in [3.05, 3.63) is 0 Å². The van der Waals surface area contributed by atoms with Crippen molar-refractivity contribution in [2.45, 2.75) is 55.1 Å². The van der Waals surface area contributed by atoms with Gasteiger partial charge in [0.2, 0.25) is 0 Å². The molecular formula is C12H23NO9. The lowest BCUT2D eigenvalue weighted by Gasteiger charge is -2.44. The van der Waals surface area contributed by atoms with Gasteiger partial charge in [0.1, 0.15) is 36.6 Å². The molecule has 0 aromatic rings. The smallest absolute Gasteiger partial charge is 0.187 e. The first-order valence-corrected chi connectivity index (χ1v) is 7.07. The lowest BCUT2D eigenvalue weighted by atomic mass is 9.95. The van der Waals surface area contributed by atoms with E-state index in [9.17, 15) is 30.6 Å². The zero-order valence-corrected chi connectivity index (χ0v) is 11.8. The Balaban J connectivity index is 2.09. The van der Waals surface area contributed by atoms with E-state index in [0.717, 1.165) is 0 Å². The number of piperidine rings is 1. The first-order valence-electron chi connectivity index (χ1n) is 7.07. The molecule has 0 saturated carbocycles. The van der Waals surface area contributed by atoms with E-state index in [2.05, 4.69) is 5.32 Å². The van der Waals surface area contributed by atoms with Gasteiger partial charge in [-0.3, -0.25) is 0 Å². The quantitative estimate of drug-likeness (QED) is 0.250. The average molecular weight is 325 g/mol. The molecule has 2 aliphatic rings. The van der Waals surface area contributed by atoms with Gasteiger partial charge in [-0.2, -0.15) is 0 Å². The van der Waals surface area contributed by atoms with E-state index in [1.54, 1.807) is 0 Å². The van der Waals surface area contributed by atoms with Gasteiger partial charge in [-0.25, -0.2) is 0 Å². The predicted molar refractivity (Wildman–Crippen MR) is 69.5 cm³/mol. The van der Waals surface area contributed by atoms with Crippen molar-refractivity contribution >= 4 is 0 Å². The molecule has 0 aromatic heterocycles. The summed E-state index contributed by atoms with van der Waals surface area (Å²) in [5, 5.41) is 70.0. The second-order valence-corrected chi connectivity index (χ2v) is 5.55. The van der Waals surface area contributed by atoms with Crippen LogP contribution in [0, 0.1) is 0 Å². The summed E-state index contributed by atoms with van der Waals surface area (Å²) in [5.41, 5.74) is 0. The van der Waals surface area contributed by atoms with Crippen molar-refractivity contribution < 1.29 is 45.2 Å². The molecule has 2 heterocycles. The minimum absolute atomic E-state index is 0.0565. The second kappa shape index (κ2) is 7.45. The fourth-order valence-electron chi connectivity index (χ4n) is 2.64. The number of hydrogen-bond acceptors (Lipinski definition) is 10. The highest BCUT2D eigenvalue weighted by atomic mass is 16.7. The van der Waals surface area contributed by atoms with Crippen LogP contribution in [0.15, 0.2) is 0 Å². The number of aliphatic hydroxyl groups excluding tert-OH is 7. The highest BCUT2D eigenvalue weighted by Crippen LogP contribution is 2.25. The molecule has 0 amide bonds. The molecule has 10 nitrogen and oxygen atoms in total. The lowest BCUT2D eigenvalue weighted by molar-refractivity contribution is -0.324. The molecule has 9 atom stereocenters. The largest absolute Gasteiger partial charge is 0.395 e. The van der Waals surface area contributed by atoms with Crippen LogP contribution in [0.3, 0.4) is 0 Å². The molecule has 10 heteroatoms. The van der Waals surface area contributed by atoms with Crippen LogP contribution in [0.1, 0.15) is 0 Å². The fraction of sp³-hybridized carbons (Fsp3) is 1.00. The van der Waals surface area contributed by atoms with Gasteiger partial charge in [0, 0.05) is 6.54 Å². The molecular weight excluding hydrogens is 302 g/mol. The summed E-state index contributed by atoms with van der Waals surface area (Å²) in [7, 11) is 0. The highest BCUT2D eigenvalue weighted by Gasteiger charge is 2.47. The van der Waals surface area contributed by atoms with Crippen LogP contribution in [0.25, 0.3) is 0 Å². The molecule has 8 N–H and O–H groups in total. The van der Waals surface area contributed by atoms with Gasteiger partial charge in [0.25, 0.3) is 0 Å². The van der Waals surface area contributed by atoms with Gasteiger partial charge in [0.15, 0.2) is 6.29 Å². The molecule has 0 unspecified atom stereocenters. The lowest BCUT2D eigenvalue weighted by Crippen LogP contribution is -2.65. The zero-order chi connectivity index (χ0) is 16.4. The van der Waals surface area contributed by atoms with E-state index in [-0.39, 0.29) is 6.54 Å². The number of hydrogen-bond donors (Lipinski definition) is 8. The molecule has 0 spiro atoms. The molecule has 22 heavy (non-hydrogen) atoms. The topological polar surface area (TPSA) is 172 Å². The van der Waals surface area contributed by atoms with Crippen LogP contribution in [0.5, 0.6) is 0 Å². The van der Waals surface area contributed by atoms with Crippen molar-refractivity contribution in [3.63, 3.8) is 0 Å². The van der Waals surface area contributed by atoms with Crippen LogP contribution in [-0.2, 0) is 9.47 Å². The average Bonchev–Trinajstić information content (AvgIpc) is 2.52. The Morgan fingerprint density at radius 3 is 2.18 bits per heavy atom. The molecule has 2 rings (SSSR count). The maximum Gasteiger partial charge on any atom is 0.187 e. The third-order valence-corrected chi connectivity index (χ3v) is 4.05. The molecule has 0 aromatic carbocycles. The maximum atomic E-state index is 9.97. The van der Waals surface area contributed by atoms with E-state index in [1.807, 2.05) is 0 Å². The van der Waals surface area contributed by atoms with Crippen LogP contribution >= 0.6 is 0 Å². The third-order valence-electron chi connectivity index (χ3n) is 4.05. The number of nitrogens with one attached hydrogen (secondary N) is 1. The van der Waals surface area contributed by atoms with Crippen molar-refractivity contribution in [2.24, 2.45) is 0 Å². The number of β-amino-alcohol motifs (C(OH)–C–C–N with tert-alkyl or cyclic N) is 1.